The molecule has 2 rings (SSSR count). The molecule has 0 amide bonds. The summed E-state index contributed by atoms with van der Waals surface area (Å²) in [5.41, 5.74) is 0. The third-order valence-electron chi connectivity index (χ3n) is 2.87. The minimum absolute atomic E-state index is 0.0234. The monoisotopic (exact) mass is 230 g/mol. The molecule has 0 saturated carbocycles. The molecule has 0 bridgehead atoms. The van der Waals surface area contributed by atoms with Crippen molar-refractivity contribution in [2.24, 2.45) is 0 Å². The summed E-state index contributed by atoms with van der Waals surface area (Å²) >= 11 is 0. The Morgan fingerprint density at radius 3 is 3.06 bits per heavy atom. The van der Waals surface area contributed by atoms with E-state index in [1.807, 2.05) is 0 Å². The van der Waals surface area contributed by atoms with Gasteiger partial charge in [0, 0.05) is 6.61 Å². The highest BCUT2D eigenvalue weighted by molar-refractivity contribution is 5.70. The van der Waals surface area contributed by atoms with Gasteiger partial charge < -0.3 is 18.9 Å². The zero-order valence-electron chi connectivity index (χ0n) is 9.73. The Labute approximate surface area is 95.0 Å². The number of rotatable bonds is 3. The molecule has 2 saturated heterocycles. The van der Waals surface area contributed by atoms with E-state index in [2.05, 4.69) is 0 Å². The molecule has 5 heteroatoms. The molecule has 2 aliphatic rings. The fraction of sp³-hybridized carbons (Fsp3) is 0.909. The van der Waals surface area contributed by atoms with Crippen LogP contribution >= 0.6 is 0 Å². The molecule has 0 aliphatic carbocycles. The maximum Gasteiger partial charge on any atom is 0.311 e. The second-order valence-corrected chi connectivity index (χ2v) is 4.28. The summed E-state index contributed by atoms with van der Waals surface area (Å²) in [5.74, 6) is -1.15. The van der Waals surface area contributed by atoms with Gasteiger partial charge in [-0.3, -0.25) is 4.79 Å². The molecule has 92 valence electrons. The lowest BCUT2D eigenvalue weighted by molar-refractivity contribution is -0.302. The number of esters is 1. The van der Waals surface area contributed by atoms with Crippen LogP contribution in [0.5, 0.6) is 0 Å². The fourth-order valence-corrected chi connectivity index (χ4v) is 2.10. The lowest BCUT2D eigenvalue weighted by Crippen LogP contribution is -2.49. The number of carbonyl (C=O) groups excluding carboxylic acids is 1. The van der Waals surface area contributed by atoms with Crippen molar-refractivity contribution in [2.45, 2.75) is 44.7 Å². The normalized spacial score (nSPS) is 38.1. The second kappa shape index (κ2) is 4.69. The first kappa shape index (κ1) is 11.8. The van der Waals surface area contributed by atoms with Crippen LogP contribution in [0.1, 0.15) is 26.7 Å². The molecule has 0 spiro atoms. The zero-order chi connectivity index (χ0) is 11.6. The maximum atomic E-state index is 11.4. The van der Waals surface area contributed by atoms with Crippen molar-refractivity contribution >= 4 is 5.97 Å². The van der Waals surface area contributed by atoms with Crippen LogP contribution in [-0.2, 0) is 23.7 Å². The van der Waals surface area contributed by atoms with Crippen LogP contribution in [0.4, 0.5) is 0 Å². The fourth-order valence-electron chi connectivity index (χ4n) is 2.10. The van der Waals surface area contributed by atoms with Gasteiger partial charge in [-0.2, -0.15) is 0 Å². The maximum absolute atomic E-state index is 11.4. The first-order valence-corrected chi connectivity index (χ1v) is 5.72. The van der Waals surface area contributed by atoms with Crippen molar-refractivity contribution in [3.8, 4) is 0 Å². The van der Waals surface area contributed by atoms with Crippen molar-refractivity contribution in [1.82, 2.24) is 0 Å². The number of carbonyl (C=O) groups is 1. The molecule has 5 nitrogen and oxygen atoms in total. The van der Waals surface area contributed by atoms with Gasteiger partial charge >= 0.3 is 5.97 Å². The van der Waals surface area contributed by atoms with Gasteiger partial charge in [0.15, 0.2) is 5.79 Å². The molecule has 2 heterocycles. The van der Waals surface area contributed by atoms with E-state index in [4.69, 9.17) is 18.9 Å². The SMILES string of the molecule is CCOC(=O)C[C@@]1(C)OC[C@H]2OCC[C@H]2O1. The Kier molecular flexibility index (Phi) is 3.47. The molecule has 0 N–H and O–H groups in total. The van der Waals surface area contributed by atoms with Crippen LogP contribution in [0.2, 0.25) is 0 Å². The van der Waals surface area contributed by atoms with E-state index in [0.717, 1.165) is 6.42 Å². The van der Waals surface area contributed by atoms with Gasteiger partial charge in [-0.15, -0.1) is 0 Å². The van der Waals surface area contributed by atoms with E-state index in [1.165, 1.54) is 0 Å². The Bertz CT molecular complexity index is 267. The number of fused-ring (bicyclic) bond motifs is 1. The van der Waals surface area contributed by atoms with Gasteiger partial charge in [0.2, 0.25) is 0 Å². The molecule has 0 aromatic carbocycles. The highest BCUT2D eigenvalue weighted by Crippen LogP contribution is 2.32. The van der Waals surface area contributed by atoms with Gasteiger partial charge in [-0.1, -0.05) is 0 Å². The molecule has 0 unspecified atom stereocenters. The first-order chi connectivity index (χ1) is 7.63. The van der Waals surface area contributed by atoms with Crippen molar-refractivity contribution in [2.75, 3.05) is 19.8 Å². The van der Waals surface area contributed by atoms with Crippen molar-refractivity contribution in [3.05, 3.63) is 0 Å². The van der Waals surface area contributed by atoms with Gasteiger partial charge in [0.05, 0.1) is 25.7 Å². The van der Waals surface area contributed by atoms with E-state index < -0.39 is 5.79 Å². The highest BCUT2D eigenvalue weighted by atomic mass is 16.7. The van der Waals surface area contributed by atoms with Gasteiger partial charge in [-0.05, 0) is 20.3 Å². The quantitative estimate of drug-likeness (QED) is 0.673. The average molecular weight is 230 g/mol. The van der Waals surface area contributed by atoms with Gasteiger partial charge in [0.1, 0.15) is 6.10 Å². The Morgan fingerprint density at radius 1 is 1.50 bits per heavy atom. The molecule has 2 aliphatic heterocycles. The molecular formula is C11H18O5. The molecular weight excluding hydrogens is 212 g/mol. The van der Waals surface area contributed by atoms with E-state index in [9.17, 15) is 4.79 Å². The predicted octanol–water partition coefficient (Wildman–Crippen LogP) is 0.860. The lowest BCUT2D eigenvalue weighted by atomic mass is 10.1. The summed E-state index contributed by atoms with van der Waals surface area (Å²) in [6.45, 7) is 5.13. The second-order valence-electron chi connectivity index (χ2n) is 4.28. The van der Waals surface area contributed by atoms with Crippen LogP contribution in [0.25, 0.3) is 0 Å². The highest BCUT2D eigenvalue weighted by Gasteiger charge is 2.44. The third kappa shape index (κ3) is 2.53. The zero-order valence-corrected chi connectivity index (χ0v) is 9.73. The smallest absolute Gasteiger partial charge is 0.311 e. The van der Waals surface area contributed by atoms with Gasteiger partial charge in [0.25, 0.3) is 0 Å². The van der Waals surface area contributed by atoms with Crippen molar-refractivity contribution in [1.29, 1.82) is 0 Å². The van der Waals surface area contributed by atoms with E-state index >= 15 is 0 Å². The topological polar surface area (TPSA) is 54.0 Å². The summed E-state index contributed by atoms with van der Waals surface area (Å²) in [6, 6.07) is 0. The predicted molar refractivity (Wildman–Crippen MR) is 54.8 cm³/mol. The molecule has 3 atom stereocenters. The van der Waals surface area contributed by atoms with Crippen molar-refractivity contribution < 1.29 is 23.7 Å². The van der Waals surface area contributed by atoms with Crippen molar-refractivity contribution in [3.63, 3.8) is 0 Å². The summed E-state index contributed by atoms with van der Waals surface area (Å²) in [6.07, 6.45) is 1.07. The van der Waals surface area contributed by atoms with E-state index in [1.54, 1.807) is 13.8 Å². The number of ether oxygens (including phenoxy) is 4. The summed E-state index contributed by atoms with van der Waals surface area (Å²) in [4.78, 5) is 11.4. The van der Waals surface area contributed by atoms with Crippen LogP contribution in [-0.4, -0.2) is 43.8 Å². The van der Waals surface area contributed by atoms with E-state index in [0.29, 0.717) is 19.8 Å². The molecule has 2 fully saturated rings. The van der Waals surface area contributed by atoms with Crippen LogP contribution in [0, 0.1) is 0 Å². The minimum atomic E-state index is -0.860. The molecule has 0 aromatic heterocycles. The third-order valence-corrected chi connectivity index (χ3v) is 2.87. The Balaban J connectivity index is 1.90. The number of hydrogen-bond acceptors (Lipinski definition) is 5. The standard InChI is InChI=1S/C11H18O5/c1-3-13-10(12)6-11(2)15-7-9-8(16-11)4-5-14-9/h8-9H,3-7H2,1-2H3/t8-,9-,11+/m1/s1. The van der Waals surface area contributed by atoms with Gasteiger partial charge in [-0.25, -0.2) is 0 Å². The van der Waals surface area contributed by atoms with Crippen LogP contribution in [0.15, 0.2) is 0 Å². The first-order valence-electron chi connectivity index (χ1n) is 5.72. The Hall–Kier alpha value is -0.650. The summed E-state index contributed by atoms with van der Waals surface area (Å²) in [7, 11) is 0. The minimum Gasteiger partial charge on any atom is -0.466 e. The van der Waals surface area contributed by atoms with Crippen LogP contribution < -0.4 is 0 Å². The summed E-state index contributed by atoms with van der Waals surface area (Å²) in [5, 5.41) is 0. The summed E-state index contributed by atoms with van der Waals surface area (Å²) < 4.78 is 21.6. The molecule has 0 radical (unpaired) electrons. The molecule has 16 heavy (non-hydrogen) atoms. The average Bonchev–Trinajstić information content (AvgIpc) is 2.63. The van der Waals surface area contributed by atoms with E-state index in [-0.39, 0.29) is 24.6 Å². The number of hydrogen-bond donors (Lipinski definition) is 0. The largest absolute Gasteiger partial charge is 0.466 e. The lowest BCUT2D eigenvalue weighted by Gasteiger charge is -2.39. The molecule has 0 aromatic rings. The Morgan fingerprint density at radius 2 is 2.31 bits per heavy atom. The van der Waals surface area contributed by atoms with Crippen LogP contribution in [0.3, 0.4) is 0 Å².